The third-order valence-corrected chi connectivity index (χ3v) is 9.17. The molecule has 1 aliphatic heterocycles. The number of benzene rings is 1. The summed E-state index contributed by atoms with van der Waals surface area (Å²) >= 11 is 0. The molecule has 1 saturated heterocycles. The van der Waals surface area contributed by atoms with Crippen molar-refractivity contribution in [2.75, 3.05) is 27.2 Å². The lowest BCUT2D eigenvalue weighted by Crippen LogP contribution is -2.46. The predicted molar refractivity (Wildman–Crippen MR) is 110 cm³/mol. The molecule has 2 nitrogen and oxygen atoms in total. The molecule has 0 saturated carbocycles. The van der Waals surface area contributed by atoms with Gasteiger partial charge in [0.25, 0.3) is 0 Å². The van der Waals surface area contributed by atoms with Crippen LogP contribution in [0.15, 0.2) is 41.5 Å². The summed E-state index contributed by atoms with van der Waals surface area (Å²) in [5.74, 6) is 5.33. The summed E-state index contributed by atoms with van der Waals surface area (Å²) < 4.78 is 0. The molecule has 0 amide bonds. The average Bonchev–Trinajstić information content (AvgIpc) is 2.90. The standard InChI is InChI=1S/C20H31BN2Si/c1-6-7-8-10-15-20(18-21-22(2)16-17-23(21)3)24(4,5)19-13-11-9-12-14-19/h1,9,11-14,18H,7-8,10,15-17H2,2-5H3/b20-18-. The summed E-state index contributed by atoms with van der Waals surface area (Å²) in [4.78, 5) is 4.91. The van der Waals surface area contributed by atoms with Crippen molar-refractivity contribution in [3.05, 3.63) is 41.5 Å². The first-order valence-corrected chi connectivity index (χ1v) is 12.1. The minimum Gasteiger partial charge on any atom is -0.326 e. The number of hydrogen-bond donors (Lipinski definition) is 0. The molecule has 0 unspecified atom stereocenters. The summed E-state index contributed by atoms with van der Waals surface area (Å²) in [6.07, 6.45) is 9.81. The van der Waals surface area contributed by atoms with Gasteiger partial charge < -0.3 is 9.62 Å². The molecule has 128 valence electrons. The van der Waals surface area contributed by atoms with Gasteiger partial charge in [-0.3, -0.25) is 0 Å². The van der Waals surface area contributed by atoms with Crippen molar-refractivity contribution >= 4 is 20.2 Å². The van der Waals surface area contributed by atoms with E-state index >= 15 is 0 Å². The first-order chi connectivity index (χ1) is 11.5. The number of rotatable bonds is 7. The second-order valence-corrected chi connectivity index (χ2v) is 11.9. The minimum absolute atomic E-state index is 0.433. The highest BCUT2D eigenvalue weighted by molar-refractivity contribution is 6.96. The molecule has 0 atom stereocenters. The third kappa shape index (κ3) is 4.63. The zero-order chi connectivity index (χ0) is 17.6. The van der Waals surface area contributed by atoms with Crippen LogP contribution in [0.25, 0.3) is 0 Å². The van der Waals surface area contributed by atoms with E-state index in [0.717, 1.165) is 25.9 Å². The van der Waals surface area contributed by atoms with E-state index in [4.69, 9.17) is 6.42 Å². The molecule has 0 N–H and O–H groups in total. The Hall–Kier alpha value is -1.28. The molecule has 0 aromatic heterocycles. The van der Waals surface area contributed by atoms with Gasteiger partial charge in [-0.15, -0.1) is 12.3 Å². The van der Waals surface area contributed by atoms with Gasteiger partial charge in [0.15, 0.2) is 0 Å². The van der Waals surface area contributed by atoms with Gasteiger partial charge in [-0.05, 0) is 33.4 Å². The highest BCUT2D eigenvalue weighted by atomic mass is 28.3. The molecule has 4 heteroatoms. The molecule has 0 aliphatic carbocycles. The van der Waals surface area contributed by atoms with Crippen LogP contribution in [0, 0.1) is 12.3 Å². The molecule has 2 rings (SSSR count). The van der Waals surface area contributed by atoms with Crippen LogP contribution >= 0.6 is 0 Å². The van der Waals surface area contributed by atoms with Crippen molar-refractivity contribution in [3.8, 4) is 12.3 Å². The van der Waals surface area contributed by atoms with Crippen molar-refractivity contribution in [1.29, 1.82) is 0 Å². The second kappa shape index (κ2) is 8.71. The summed E-state index contributed by atoms with van der Waals surface area (Å²) in [5.41, 5.74) is 0. The van der Waals surface area contributed by atoms with Gasteiger partial charge in [0.1, 0.15) is 8.07 Å². The predicted octanol–water partition coefficient (Wildman–Crippen LogP) is 3.17. The fraction of sp³-hybridized carbons (Fsp3) is 0.500. The largest absolute Gasteiger partial charge is 0.337 e. The smallest absolute Gasteiger partial charge is 0.326 e. The highest BCUT2D eigenvalue weighted by Gasteiger charge is 2.34. The molecule has 1 heterocycles. The summed E-state index contributed by atoms with van der Waals surface area (Å²) in [7, 11) is 2.83. The van der Waals surface area contributed by atoms with Gasteiger partial charge in [-0.25, -0.2) is 0 Å². The summed E-state index contributed by atoms with van der Waals surface area (Å²) in [6.45, 7) is 7.71. The highest BCUT2D eigenvalue weighted by Crippen LogP contribution is 2.23. The van der Waals surface area contributed by atoms with Gasteiger partial charge in [-0.1, -0.05) is 59.8 Å². The van der Waals surface area contributed by atoms with Crippen molar-refractivity contribution in [2.24, 2.45) is 0 Å². The zero-order valence-corrected chi connectivity index (χ0v) is 16.8. The van der Waals surface area contributed by atoms with Crippen LogP contribution in [-0.2, 0) is 0 Å². The maximum absolute atomic E-state index is 5.42. The van der Waals surface area contributed by atoms with E-state index in [1.165, 1.54) is 18.0 Å². The minimum atomic E-state index is -1.64. The first kappa shape index (κ1) is 19.1. The molecule has 1 aromatic rings. The number of likely N-dealkylation sites (N-methyl/N-ethyl adjacent to an activating group) is 2. The maximum Gasteiger partial charge on any atom is 0.337 e. The van der Waals surface area contributed by atoms with Crippen LogP contribution in [0.3, 0.4) is 0 Å². The van der Waals surface area contributed by atoms with Gasteiger partial charge in [0, 0.05) is 19.5 Å². The Balaban J connectivity index is 2.26. The van der Waals surface area contributed by atoms with E-state index in [9.17, 15) is 0 Å². The van der Waals surface area contributed by atoms with Crippen LogP contribution in [0.5, 0.6) is 0 Å². The van der Waals surface area contributed by atoms with E-state index < -0.39 is 8.07 Å². The van der Waals surface area contributed by atoms with Crippen molar-refractivity contribution in [1.82, 2.24) is 9.62 Å². The van der Waals surface area contributed by atoms with E-state index in [-0.39, 0.29) is 0 Å². The molecule has 0 bridgehead atoms. The molecule has 1 fully saturated rings. The van der Waals surface area contributed by atoms with Crippen LogP contribution in [-0.4, -0.2) is 51.9 Å². The fourth-order valence-corrected chi connectivity index (χ4v) is 6.30. The molecular weight excluding hydrogens is 307 g/mol. The Morgan fingerprint density at radius 3 is 2.38 bits per heavy atom. The van der Waals surface area contributed by atoms with E-state index in [0.29, 0.717) is 6.98 Å². The maximum atomic E-state index is 5.42. The Labute approximate surface area is 150 Å². The number of nitrogens with zero attached hydrogens (tertiary/aromatic N) is 2. The molecule has 0 radical (unpaired) electrons. The van der Waals surface area contributed by atoms with Crippen LogP contribution in [0.1, 0.15) is 25.7 Å². The Morgan fingerprint density at radius 1 is 1.17 bits per heavy atom. The number of terminal acetylenes is 1. The summed E-state index contributed by atoms with van der Waals surface area (Å²) in [5, 5.41) is 3.19. The Kier molecular flexibility index (Phi) is 6.92. The number of hydrogen-bond acceptors (Lipinski definition) is 2. The number of unbranched alkanes of at least 4 members (excludes halogenated alkanes) is 2. The quantitative estimate of drug-likeness (QED) is 0.428. The zero-order valence-electron chi connectivity index (χ0n) is 15.8. The molecule has 24 heavy (non-hydrogen) atoms. The average molecular weight is 338 g/mol. The Morgan fingerprint density at radius 2 is 1.79 bits per heavy atom. The van der Waals surface area contributed by atoms with Crippen molar-refractivity contribution in [2.45, 2.75) is 38.8 Å². The molecule has 1 aliphatic rings. The van der Waals surface area contributed by atoms with Gasteiger partial charge in [0.05, 0.1) is 0 Å². The molecule has 1 aromatic carbocycles. The van der Waals surface area contributed by atoms with Gasteiger partial charge in [0.2, 0.25) is 0 Å². The second-order valence-electron chi connectivity index (χ2n) is 7.47. The first-order valence-electron chi connectivity index (χ1n) is 9.07. The third-order valence-electron chi connectivity index (χ3n) is 5.37. The van der Waals surface area contributed by atoms with Crippen LogP contribution in [0.2, 0.25) is 13.1 Å². The van der Waals surface area contributed by atoms with Gasteiger partial charge >= 0.3 is 6.98 Å². The van der Waals surface area contributed by atoms with Crippen molar-refractivity contribution < 1.29 is 0 Å². The normalized spacial score (nSPS) is 17.3. The molecular formula is C20H31BN2Si. The SMILES string of the molecule is C#CCCCC/C(=C/B1N(C)CCN1C)[Si](C)(C)c1ccccc1. The monoisotopic (exact) mass is 338 g/mol. The van der Waals surface area contributed by atoms with Gasteiger partial charge in [-0.2, -0.15) is 0 Å². The lowest BCUT2D eigenvalue weighted by Gasteiger charge is -2.29. The number of allylic oxidation sites excluding steroid dienone is 1. The molecule has 0 spiro atoms. The van der Waals surface area contributed by atoms with E-state index in [1.807, 2.05) is 0 Å². The summed E-state index contributed by atoms with van der Waals surface area (Å²) in [6, 6.07) is 11.1. The van der Waals surface area contributed by atoms with Crippen LogP contribution in [0.4, 0.5) is 0 Å². The van der Waals surface area contributed by atoms with Crippen molar-refractivity contribution in [3.63, 3.8) is 0 Å². The lowest BCUT2D eigenvalue weighted by molar-refractivity contribution is 0.553. The van der Waals surface area contributed by atoms with Crippen LogP contribution < -0.4 is 5.19 Å². The Bertz CT molecular complexity index is 581. The van der Waals surface area contributed by atoms with E-state index in [1.54, 1.807) is 5.20 Å². The van der Waals surface area contributed by atoms with E-state index in [2.05, 4.69) is 79.0 Å². The lowest BCUT2D eigenvalue weighted by atomic mass is 9.74. The topological polar surface area (TPSA) is 6.48 Å². The fourth-order valence-electron chi connectivity index (χ4n) is 3.54.